The summed E-state index contributed by atoms with van der Waals surface area (Å²) >= 11 is 24.2. The minimum absolute atomic E-state index is 0.440. The monoisotopic (exact) mass is 295 g/mol. The number of carbonyl (C=O) groups is 1. The van der Waals surface area contributed by atoms with Gasteiger partial charge in [0.1, 0.15) is 0 Å². The van der Waals surface area contributed by atoms with Gasteiger partial charge in [0.15, 0.2) is 0 Å². The van der Waals surface area contributed by atoms with Gasteiger partial charge in [-0.1, -0.05) is 59.7 Å². The van der Waals surface area contributed by atoms with Crippen molar-refractivity contribution in [3.8, 4) is 0 Å². The molecule has 1 aliphatic heterocycles. The van der Waals surface area contributed by atoms with Crippen LogP contribution >= 0.6 is 58.4 Å². The lowest BCUT2D eigenvalue weighted by molar-refractivity contribution is -0.125. The third-order valence-corrected chi connectivity index (χ3v) is 5.39. The minimum Gasteiger partial charge on any atom is -0.281 e. The molecule has 1 aliphatic rings. The predicted molar refractivity (Wildman–Crippen MR) is 63.1 cm³/mol. The standard InChI is InChI=1S/C7H9Cl4NOS/c1-2-3-4-12-5(13)6(8,9)7(10,11)14-12/h2-4H2,1H3. The Labute approximate surface area is 107 Å². The Morgan fingerprint density at radius 1 is 1.36 bits per heavy atom. The average molecular weight is 297 g/mol. The summed E-state index contributed by atoms with van der Waals surface area (Å²) in [5.41, 5.74) is 0. The Bertz CT molecular complexity index is 246. The van der Waals surface area contributed by atoms with Gasteiger partial charge in [0.25, 0.3) is 5.91 Å². The second-order valence-corrected chi connectivity index (χ2v) is 7.28. The third-order valence-electron chi connectivity index (χ3n) is 1.80. The average Bonchev–Trinajstić information content (AvgIpc) is 2.23. The van der Waals surface area contributed by atoms with Crippen molar-refractivity contribution in [1.29, 1.82) is 0 Å². The molecule has 0 spiro atoms. The first-order valence-corrected chi connectivity index (χ1v) is 6.38. The summed E-state index contributed by atoms with van der Waals surface area (Å²) in [4.78, 5) is 11.6. The molecule has 0 radical (unpaired) electrons. The van der Waals surface area contributed by atoms with Crippen LogP contribution in [-0.4, -0.2) is 24.8 Å². The second kappa shape index (κ2) is 4.46. The number of hydrogen-bond donors (Lipinski definition) is 0. The van der Waals surface area contributed by atoms with Gasteiger partial charge in [-0.2, -0.15) is 0 Å². The second-order valence-electron chi connectivity index (χ2n) is 2.94. The number of unbranched alkanes of at least 4 members (excludes halogenated alkanes) is 1. The van der Waals surface area contributed by atoms with Crippen LogP contribution < -0.4 is 0 Å². The number of hydrogen-bond acceptors (Lipinski definition) is 2. The Balaban J connectivity index is 2.73. The molecule has 0 saturated carbocycles. The molecule has 1 heterocycles. The lowest BCUT2D eigenvalue weighted by Gasteiger charge is -2.18. The van der Waals surface area contributed by atoms with Gasteiger partial charge in [-0.05, 0) is 18.4 Å². The first-order chi connectivity index (χ1) is 6.33. The van der Waals surface area contributed by atoms with E-state index in [0.717, 1.165) is 24.8 Å². The van der Waals surface area contributed by atoms with Crippen LogP contribution in [0, 0.1) is 0 Å². The Morgan fingerprint density at radius 2 is 1.93 bits per heavy atom. The van der Waals surface area contributed by atoms with E-state index in [9.17, 15) is 4.79 Å². The SMILES string of the molecule is CCCCN1SC(Cl)(Cl)C(Cl)(Cl)C1=O. The molecule has 0 aromatic rings. The van der Waals surface area contributed by atoms with Crippen LogP contribution in [0.3, 0.4) is 0 Å². The molecular weight excluding hydrogens is 288 g/mol. The summed E-state index contributed by atoms with van der Waals surface area (Å²) < 4.78 is -1.83. The molecular formula is C7H9Cl4NOS. The molecule has 0 bridgehead atoms. The predicted octanol–water partition coefficient (Wildman–Crippen LogP) is 3.58. The van der Waals surface area contributed by atoms with Crippen molar-refractivity contribution < 1.29 is 4.79 Å². The first kappa shape index (κ1) is 13.0. The molecule has 14 heavy (non-hydrogen) atoms. The molecule has 1 amide bonds. The minimum atomic E-state index is -1.76. The van der Waals surface area contributed by atoms with Crippen molar-refractivity contribution in [2.75, 3.05) is 6.54 Å². The lowest BCUT2D eigenvalue weighted by Crippen LogP contribution is -2.37. The van der Waals surface area contributed by atoms with Gasteiger partial charge in [-0.3, -0.25) is 9.10 Å². The highest BCUT2D eigenvalue weighted by molar-refractivity contribution is 8.02. The van der Waals surface area contributed by atoms with Gasteiger partial charge < -0.3 is 0 Å². The van der Waals surface area contributed by atoms with E-state index in [4.69, 9.17) is 46.4 Å². The number of carbonyl (C=O) groups excluding carboxylic acids is 1. The molecule has 0 aliphatic carbocycles. The zero-order valence-corrected chi connectivity index (χ0v) is 11.2. The number of rotatable bonds is 3. The summed E-state index contributed by atoms with van der Waals surface area (Å²) in [6.07, 6.45) is 1.84. The van der Waals surface area contributed by atoms with Crippen molar-refractivity contribution in [3.05, 3.63) is 0 Å². The summed E-state index contributed by atoms with van der Waals surface area (Å²) in [7, 11) is 0. The Kier molecular flexibility index (Phi) is 4.16. The fourth-order valence-corrected chi connectivity index (χ4v) is 3.06. The fraction of sp³-hybridized carbons (Fsp3) is 0.857. The van der Waals surface area contributed by atoms with Crippen LogP contribution in [0.4, 0.5) is 0 Å². The smallest absolute Gasteiger partial charge is 0.273 e. The quantitative estimate of drug-likeness (QED) is 0.586. The number of amides is 1. The van der Waals surface area contributed by atoms with Gasteiger partial charge >= 0.3 is 0 Å². The molecule has 1 fully saturated rings. The fourth-order valence-electron chi connectivity index (χ4n) is 0.967. The molecule has 1 rings (SSSR count). The first-order valence-electron chi connectivity index (χ1n) is 4.09. The molecule has 1 saturated heterocycles. The van der Waals surface area contributed by atoms with Crippen molar-refractivity contribution in [2.24, 2.45) is 0 Å². The van der Waals surface area contributed by atoms with Gasteiger partial charge in [-0.15, -0.1) is 0 Å². The topological polar surface area (TPSA) is 20.3 Å². The Morgan fingerprint density at radius 3 is 2.29 bits per heavy atom. The number of halogens is 4. The zero-order chi connectivity index (χ0) is 11.0. The van der Waals surface area contributed by atoms with E-state index in [1.165, 1.54) is 4.31 Å². The largest absolute Gasteiger partial charge is 0.281 e. The normalized spacial score (nSPS) is 24.4. The molecule has 0 N–H and O–H groups in total. The van der Waals surface area contributed by atoms with Crippen LogP contribution in [0.15, 0.2) is 0 Å². The van der Waals surface area contributed by atoms with Crippen molar-refractivity contribution >= 4 is 64.3 Å². The summed E-state index contributed by atoms with van der Waals surface area (Å²) in [5.74, 6) is -0.440. The van der Waals surface area contributed by atoms with Crippen molar-refractivity contribution in [1.82, 2.24) is 4.31 Å². The van der Waals surface area contributed by atoms with Gasteiger partial charge in [0.05, 0.1) is 0 Å². The Hall–Kier alpha value is 0.980. The van der Waals surface area contributed by atoms with Gasteiger partial charge in [0, 0.05) is 6.54 Å². The van der Waals surface area contributed by atoms with Crippen LogP contribution in [0.5, 0.6) is 0 Å². The van der Waals surface area contributed by atoms with Crippen LogP contribution in [0.25, 0.3) is 0 Å². The third kappa shape index (κ3) is 2.22. The molecule has 0 aromatic heterocycles. The van der Waals surface area contributed by atoms with Gasteiger partial charge in [-0.25, -0.2) is 0 Å². The van der Waals surface area contributed by atoms with Crippen LogP contribution in [0.1, 0.15) is 19.8 Å². The zero-order valence-electron chi connectivity index (χ0n) is 7.40. The van der Waals surface area contributed by atoms with E-state index in [2.05, 4.69) is 0 Å². The van der Waals surface area contributed by atoms with E-state index in [1.54, 1.807) is 0 Å². The molecule has 0 atom stereocenters. The van der Waals surface area contributed by atoms with Crippen LogP contribution in [-0.2, 0) is 4.79 Å². The van der Waals surface area contributed by atoms with E-state index in [1.807, 2.05) is 6.92 Å². The molecule has 82 valence electrons. The van der Waals surface area contributed by atoms with Gasteiger partial charge in [0.2, 0.25) is 8.00 Å². The van der Waals surface area contributed by atoms with E-state index < -0.39 is 13.9 Å². The maximum absolute atomic E-state index is 11.6. The van der Waals surface area contributed by atoms with E-state index >= 15 is 0 Å². The molecule has 0 aromatic carbocycles. The lowest BCUT2D eigenvalue weighted by atomic mass is 10.3. The van der Waals surface area contributed by atoms with E-state index in [-0.39, 0.29) is 0 Å². The number of nitrogens with zero attached hydrogens (tertiary/aromatic N) is 1. The summed E-state index contributed by atoms with van der Waals surface area (Å²) in [6.45, 7) is 2.58. The highest BCUT2D eigenvalue weighted by atomic mass is 35.5. The maximum Gasteiger partial charge on any atom is 0.273 e. The molecule has 2 nitrogen and oxygen atoms in total. The van der Waals surface area contributed by atoms with Crippen molar-refractivity contribution in [3.63, 3.8) is 0 Å². The van der Waals surface area contributed by atoms with Crippen LogP contribution in [0.2, 0.25) is 0 Å². The maximum atomic E-state index is 11.6. The molecule has 0 unspecified atom stereocenters. The van der Waals surface area contributed by atoms with E-state index in [0.29, 0.717) is 6.54 Å². The summed E-state index contributed by atoms with van der Waals surface area (Å²) in [5, 5.41) is 0. The van der Waals surface area contributed by atoms with Crippen molar-refractivity contribution in [2.45, 2.75) is 27.8 Å². The molecule has 7 heteroatoms. The number of alkyl halides is 4. The summed E-state index contributed by atoms with van der Waals surface area (Å²) in [6, 6.07) is 0. The highest BCUT2D eigenvalue weighted by Crippen LogP contribution is 2.58. The highest BCUT2D eigenvalue weighted by Gasteiger charge is 2.62.